The predicted octanol–water partition coefficient (Wildman–Crippen LogP) is 1.96. The van der Waals surface area contributed by atoms with Crippen LogP contribution in [0.1, 0.15) is 27.0 Å². The van der Waals surface area contributed by atoms with Gasteiger partial charge in [-0.3, -0.25) is 0 Å². The molecule has 0 radical (unpaired) electrons. The summed E-state index contributed by atoms with van der Waals surface area (Å²) in [5.74, 6) is -0.456. The summed E-state index contributed by atoms with van der Waals surface area (Å²) < 4.78 is 4.62. The summed E-state index contributed by atoms with van der Waals surface area (Å²) in [6.07, 6.45) is 0. The molecule has 3 heteroatoms. The van der Waals surface area contributed by atoms with Crippen LogP contribution < -0.4 is 0 Å². The third kappa shape index (κ3) is 1.60. The van der Waals surface area contributed by atoms with Crippen molar-refractivity contribution < 1.29 is 9.53 Å². The Morgan fingerprint density at radius 2 is 2.07 bits per heavy atom. The smallest absolute Gasteiger partial charge is 0.339 e. The van der Waals surface area contributed by atoms with Gasteiger partial charge in [0, 0.05) is 0 Å². The van der Waals surface area contributed by atoms with Gasteiger partial charge in [0.25, 0.3) is 0 Å². The first-order valence-corrected chi connectivity index (χ1v) is 4.20. The maximum atomic E-state index is 11.4. The molecular formula is C11H11NO2. The highest BCUT2D eigenvalue weighted by molar-refractivity contribution is 5.94. The second-order valence-electron chi connectivity index (χ2n) is 3.03. The van der Waals surface area contributed by atoms with Gasteiger partial charge in [0.1, 0.15) is 6.07 Å². The number of carbonyl (C=O) groups is 1. The van der Waals surface area contributed by atoms with E-state index < -0.39 is 5.97 Å². The van der Waals surface area contributed by atoms with E-state index in [9.17, 15) is 4.79 Å². The quantitative estimate of drug-likeness (QED) is 0.634. The molecule has 0 heterocycles. The number of nitrogens with zero attached hydrogens (tertiary/aromatic N) is 1. The van der Waals surface area contributed by atoms with Crippen molar-refractivity contribution in [3.63, 3.8) is 0 Å². The first-order chi connectivity index (χ1) is 6.61. The third-order valence-electron chi connectivity index (χ3n) is 2.25. The fourth-order valence-electron chi connectivity index (χ4n) is 1.27. The predicted molar refractivity (Wildman–Crippen MR) is 52.0 cm³/mol. The lowest BCUT2D eigenvalue weighted by Gasteiger charge is -2.08. The van der Waals surface area contributed by atoms with E-state index in [0.717, 1.165) is 11.1 Å². The highest BCUT2D eigenvalue weighted by atomic mass is 16.5. The number of methoxy groups -OCH3 is 1. The van der Waals surface area contributed by atoms with E-state index in [1.54, 1.807) is 6.07 Å². The number of hydrogen-bond donors (Lipinski definition) is 0. The van der Waals surface area contributed by atoms with Gasteiger partial charge in [-0.25, -0.2) is 4.79 Å². The van der Waals surface area contributed by atoms with E-state index in [4.69, 9.17) is 5.26 Å². The topological polar surface area (TPSA) is 50.1 Å². The van der Waals surface area contributed by atoms with Crippen molar-refractivity contribution in [2.45, 2.75) is 13.8 Å². The molecule has 0 unspecified atom stereocenters. The lowest BCUT2D eigenvalue weighted by molar-refractivity contribution is 0.0599. The molecule has 0 bridgehead atoms. The molecule has 1 aromatic carbocycles. The summed E-state index contributed by atoms with van der Waals surface area (Å²) in [5.41, 5.74) is 2.51. The van der Waals surface area contributed by atoms with Gasteiger partial charge in [0.2, 0.25) is 0 Å². The lowest BCUT2D eigenvalue weighted by Crippen LogP contribution is -2.07. The third-order valence-corrected chi connectivity index (χ3v) is 2.25. The van der Waals surface area contributed by atoms with Gasteiger partial charge >= 0.3 is 5.97 Å². The van der Waals surface area contributed by atoms with Crippen molar-refractivity contribution in [1.82, 2.24) is 0 Å². The van der Waals surface area contributed by atoms with Crippen LogP contribution in [-0.2, 0) is 4.74 Å². The lowest BCUT2D eigenvalue weighted by atomic mass is 9.98. The second kappa shape index (κ2) is 3.93. The van der Waals surface area contributed by atoms with Crippen molar-refractivity contribution >= 4 is 5.97 Å². The summed E-state index contributed by atoms with van der Waals surface area (Å²) in [6, 6.07) is 5.43. The fourth-order valence-corrected chi connectivity index (χ4v) is 1.27. The van der Waals surface area contributed by atoms with Gasteiger partial charge in [-0.05, 0) is 31.0 Å². The number of ether oxygens (including phenoxy) is 1. The number of esters is 1. The Bertz CT molecular complexity index is 416. The minimum absolute atomic E-state index is 0.361. The summed E-state index contributed by atoms with van der Waals surface area (Å²) in [4.78, 5) is 11.4. The first kappa shape index (κ1) is 10.3. The van der Waals surface area contributed by atoms with Crippen LogP contribution in [-0.4, -0.2) is 13.1 Å². The highest BCUT2D eigenvalue weighted by Gasteiger charge is 2.15. The first-order valence-electron chi connectivity index (χ1n) is 4.20. The average Bonchev–Trinajstić information content (AvgIpc) is 2.20. The van der Waals surface area contributed by atoms with E-state index in [-0.39, 0.29) is 0 Å². The number of benzene rings is 1. The largest absolute Gasteiger partial charge is 0.465 e. The maximum Gasteiger partial charge on any atom is 0.339 e. The Morgan fingerprint density at radius 3 is 2.57 bits per heavy atom. The maximum absolute atomic E-state index is 11.4. The van der Waals surface area contributed by atoms with Gasteiger partial charge < -0.3 is 4.74 Å². The van der Waals surface area contributed by atoms with E-state index in [1.807, 2.05) is 26.0 Å². The molecule has 0 aromatic heterocycles. The van der Waals surface area contributed by atoms with Gasteiger partial charge in [0.15, 0.2) is 0 Å². The molecule has 0 N–H and O–H groups in total. The van der Waals surface area contributed by atoms with Crippen LogP contribution in [0.5, 0.6) is 0 Å². The van der Waals surface area contributed by atoms with E-state index in [1.165, 1.54) is 7.11 Å². The van der Waals surface area contributed by atoms with E-state index in [0.29, 0.717) is 11.1 Å². The summed E-state index contributed by atoms with van der Waals surface area (Å²) >= 11 is 0. The molecule has 0 atom stereocenters. The monoisotopic (exact) mass is 189 g/mol. The Balaban J connectivity index is 3.45. The average molecular weight is 189 g/mol. The normalized spacial score (nSPS) is 9.29. The Labute approximate surface area is 82.9 Å². The minimum atomic E-state index is -0.456. The van der Waals surface area contributed by atoms with Crippen LogP contribution in [0, 0.1) is 25.2 Å². The molecular weight excluding hydrogens is 178 g/mol. The van der Waals surface area contributed by atoms with Crippen LogP contribution >= 0.6 is 0 Å². The minimum Gasteiger partial charge on any atom is -0.465 e. The Morgan fingerprint density at radius 1 is 1.43 bits per heavy atom. The molecule has 0 aliphatic carbocycles. The zero-order valence-corrected chi connectivity index (χ0v) is 8.42. The molecule has 1 aromatic rings. The molecule has 0 saturated carbocycles. The van der Waals surface area contributed by atoms with Gasteiger partial charge in [-0.15, -0.1) is 0 Å². The summed E-state index contributed by atoms with van der Waals surface area (Å²) in [5, 5.41) is 8.82. The zero-order valence-electron chi connectivity index (χ0n) is 8.42. The SMILES string of the molecule is COC(=O)c1c(C#N)ccc(C)c1C. The van der Waals surface area contributed by atoms with Crippen molar-refractivity contribution in [2.24, 2.45) is 0 Å². The van der Waals surface area contributed by atoms with Gasteiger partial charge in [-0.1, -0.05) is 6.07 Å². The highest BCUT2D eigenvalue weighted by Crippen LogP contribution is 2.18. The molecule has 14 heavy (non-hydrogen) atoms. The van der Waals surface area contributed by atoms with Crippen LogP contribution in [0.2, 0.25) is 0 Å². The Hall–Kier alpha value is -1.82. The number of rotatable bonds is 1. The van der Waals surface area contributed by atoms with Crippen LogP contribution in [0.3, 0.4) is 0 Å². The molecule has 3 nitrogen and oxygen atoms in total. The Kier molecular flexibility index (Phi) is 2.88. The molecule has 0 spiro atoms. The van der Waals surface area contributed by atoms with Gasteiger partial charge in [0.05, 0.1) is 18.2 Å². The van der Waals surface area contributed by atoms with Crippen molar-refractivity contribution in [2.75, 3.05) is 7.11 Å². The van der Waals surface area contributed by atoms with Crippen molar-refractivity contribution in [3.05, 3.63) is 34.4 Å². The van der Waals surface area contributed by atoms with E-state index >= 15 is 0 Å². The number of hydrogen-bond acceptors (Lipinski definition) is 3. The van der Waals surface area contributed by atoms with Crippen molar-refractivity contribution in [1.29, 1.82) is 5.26 Å². The molecule has 0 aliphatic rings. The van der Waals surface area contributed by atoms with E-state index in [2.05, 4.69) is 4.74 Å². The van der Waals surface area contributed by atoms with Crippen LogP contribution in [0.4, 0.5) is 0 Å². The molecule has 0 saturated heterocycles. The van der Waals surface area contributed by atoms with Gasteiger partial charge in [-0.2, -0.15) is 5.26 Å². The summed E-state index contributed by atoms with van der Waals surface area (Å²) in [7, 11) is 1.31. The van der Waals surface area contributed by atoms with Crippen molar-refractivity contribution in [3.8, 4) is 6.07 Å². The summed E-state index contributed by atoms with van der Waals surface area (Å²) in [6.45, 7) is 3.70. The van der Waals surface area contributed by atoms with Crippen LogP contribution in [0.15, 0.2) is 12.1 Å². The molecule has 0 aliphatic heterocycles. The molecule has 72 valence electrons. The standard InChI is InChI=1S/C11H11NO2/c1-7-4-5-9(6-12)10(8(7)2)11(13)14-3/h4-5H,1-3H3. The van der Waals surface area contributed by atoms with Crippen LogP contribution in [0.25, 0.3) is 0 Å². The zero-order chi connectivity index (χ0) is 10.7. The fraction of sp³-hybridized carbons (Fsp3) is 0.273. The number of carbonyl (C=O) groups excluding carboxylic acids is 1. The molecule has 0 amide bonds. The number of aryl methyl sites for hydroxylation is 1. The second-order valence-corrected chi connectivity index (χ2v) is 3.03. The number of nitriles is 1. The molecule has 0 fully saturated rings. The molecule has 1 rings (SSSR count).